The standard InChI is InChI=1S/C8H6F3IO2S/c9-8(10,11)15(14,5-13)7-3-1-6(12)2-4-7/h1-5,15H. The second-order valence-electron chi connectivity index (χ2n) is 2.71. The van der Waals surface area contributed by atoms with Crippen molar-refractivity contribution in [2.24, 2.45) is 0 Å². The van der Waals surface area contributed by atoms with E-state index in [1.54, 1.807) is 0 Å². The van der Waals surface area contributed by atoms with Crippen LogP contribution in [-0.4, -0.2) is 15.3 Å². The molecule has 0 aliphatic carbocycles. The summed E-state index contributed by atoms with van der Waals surface area (Å²) in [6, 6.07) is 4.87. The maximum absolute atomic E-state index is 12.4. The summed E-state index contributed by atoms with van der Waals surface area (Å²) in [7, 11) is -4.94. The molecule has 0 aromatic heterocycles. The highest BCUT2D eigenvalue weighted by Crippen LogP contribution is 2.35. The number of hydrogen-bond acceptors (Lipinski definition) is 2. The molecule has 0 spiro atoms. The van der Waals surface area contributed by atoms with Gasteiger partial charge in [-0.15, -0.1) is 0 Å². The van der Waals surface area contributed by atoms with Gasteiger partial charge in [0.05, 0.1) is 9.93 Å². The zero-order valence-corrected chi connectivity index (χ0v) is 10.2. The zero-order chi connectivity index (χ0) is 11.7. The van der Waals surface area contributed by atoms with E-state index in [4.69, 9.17) is 0 Å². The van der Waals surface area contributed by atoms with Gasteiger partial charge in [-0.25, -0.2) is 0 Å². The van der Waals surface area contributed by atoms with E-state index in [0.717, 1.165) is 12.1 Å². The predicted octanol–water partition coefficient (Wildman–Crippen LogP) is 2.38. The molecule has 0 bridgehead atoms. The van der Waals surface area contributed by atoms with E-state index >= 15 is 0 Å². The van der Waals surface area contributed by atoms with E-state index in [0.29, 0.717) is 3.57 Å². The molecule has 0 aliphatic heterocycles. The Morgan fingerprint density at radius 2 is 1.67 bits per heavy atom. The fourth-order valence-electron chi connectivity index (χ4n) is 0.930. The Morgan fingerprint density at radius 1 is 1.20 bits per heavy atom. The van der Waals surface area contributed by atoms with E-state index in [1.165, 1.54) is 12.1 Å². The van der Waals surface area contributed by atoms with Crippen LogP contribution in [0.3, 0.4) is 0 Å². The third-order valence-corrected chi connectivity index (χ3v) is 4.57. The summed E-state index contributed by atoms with van der Waals surface area (Å²) in [4.78, 5) is 9.89. The van der Waals surface area contributed by atoms with Gasteiger partial charge in [0.15, 0.2) is 5.62 Å². The summed E-state index contributed by atoms with van der Waals surface area (Å²) < 4.78 is 49.3. The van der Waals surface area contributed by atoms with Crippen molar-refractivity contribution in [1.29, 1.82) is 0 Å². The molecule has 0 unspecified atom stereocenters. The van der Waals surface area contributed by atoms with Gasteiger partial charge in [0.2, 0.25) is 0 Å². The van der Waals surface area contributed by atoms with Gasteiger partial charge in [-0.3, -0.25) is 9.00 Å². The summed E-state index contributed by atoms with van der Waals surface area (Å²) in [5, 5.41) is 0. The average molecular weight is 350 g/mol. The maximum atomic E-state index is 12.4. The Hall–Kier alpha value is -0.440. The van der Waals surface area contributed by atoms with Crippen molar-refractivity contribution in [3.8, 4) is 0 Å². The van der Waals surface area contributed by atoms with E-state index in [2.05, 4.69) is 0 Å². The van der Waals surface area contributed by atoms with Crippen LogP contribution >= 0.6 is 22.6 Å². The van der Waals surface area contributed by atoms with Gasteiger partial charge in [-0.05, 0) is 46.9 Å². The van der Waals surface area contributed by atoms with E-state index in [-0.39, 0.29) is 0 Å². The number of alkyl halides is 3. The first kappa shape index (κ1) is 12.6. The molecule has 2 nitrogen and oxygen atoms in total. The normalized spacial score (nSPS) is 13.6. The van der Waals surface area contributed by atoms with Gasteiger partial charge >= 0.3 is 5.51 Å². The Bertz CT molecular complexity index is 413. The molecule has 15 heavy (non-hydrogen) atoms. The van der Waals surface area contributed by atoms with E-state index < -0.39 is 26.0 Å². The third kappa shape index (κ3) is 2.39. The maximum Gasteiger partial charge on any atom is 0.458 e. The van der Waals surface area contributed by atoms with Crippen LogP contribution in [0.5, 0.6) is 0 Å². The third-order valence-electron chi connectivity index (χ3n) is 1.74. The number of thiol groups is 1. The molecular weight excluding hydrogens is 344 g/mol. The second kappa shape index (κ2) is 4.20. The van der Waals surface area contributed by atoms with Gasteiger partial charge in [-0.2, -0.15) is 13.2 Å². The van der Waals surface area contributed by atoms with Crippen LogP contribution in [0.2, 0.25) is 0 Å². The zero-order valence-electron chi connectivity index (χ0n) is 7.16. The molecule has 0 amide bonds. The van der Waals surface area contributed by atoms with Crippen molar-refractivity contribution in [3.05, 3.63) is 27.8 Å². The minimum Gasteiger partial charge on any atom is -0.290 e. The van der Waals surface area contributed by atoms with Gasteiger partial charge in [-0.1, -0.05) is 0 Å². The molecule has 0 aliphatic rings. The van der Waals surface area contributed by atoms with Crippen molar-refractivity contribution in [2.45, 2.75) is 10.4 Å². The first-order valence-electron chi connectivity index (χ1n) is 3.70. The lowest BCUT2D eigenvalue weighted by Crippen LogP contribution is -2.32. The SMILES string of the molecule is O=C[SH](=O)(c1ccc(I)cc1)C(F)(F)F. The monoisotopic (exact) mass is 350 g/mol. The van der Waals surface area contributed by atoms with Gasteiger partial charge < -0.3 is 0 Å². The van der Waals surface area contributed by atoms with Crippen molar-refractivity contribution in [2.75, 3.05) is 0 Å². The highest BCUT2D eigenvalue weighted by molar-refractivity contribution is 14.1. The summed E-state index contributed by atoms with van der Waals surface area (Å²) in [5.41, 5.74) is -5.52. The van der Waals surface area contributed by atoms with Crippen LogP contribution in [-0.2, 0) is 14.7 Å². The molecule has 0 saturated heterocycles. The van der Waals surface area contributed by atoms with Gasteiger partial charge in [0.1, 0.15) is 0 Å². The molecular formula is C8H6F3IO2S. The molecule has 1 aromatic carbocycles. The molecule has 0 radical (unpaired) electrons. The Kier molecular flexibility index (Phi) is 3.54. The van der Waals surface area contributed by atoms with Crippen molar-refractivity contribution in [1.82, 2.24) is 0 Å². The Morgan fingerprint density at radius 3 is 2.00 bits per heavy atom. The van der Waals surface area contributed by atoms with Gasteiger partial charge in [0.25, 0.3) is 0 Å². The first-order chi connectivity index (χ1) is 6.81. The Balaban J connectivity index is 3.31. The van der Waals surface area contributed by atoms with Crippen LogP contribution in [0.15, 0.2) is 29.2 Å². The van der Waals surface area contributed by atoms with E-state index in [9.17, 15) is 22.2 Å². The number of carbonyl (C=O) groups is 1. The quantitative estimate of drug-likeness (QED) is 0.505. The smallest absolute Gasteiger partial charge is 0.290 e. The molecule has 1 rings (SSSR count). The Labute approximate surface area is 98.4 Å². The largest absolute Gasteiger partial charge is 0.458 e. The van der Waals surface area contributed by atoms with E-state index in [1.807, 2.05) is 22.6 Å². The molecule has 0 heterocycles. The minimum absolute atomic E-state index is 0.481. The lowest BCUT2D eigenvalue weighted by Gasteiger charge is -2.20. The summed E-state index contributed by atoms with van der Waals surface area (Å²) >= 11 is 1.90. The summed E-state index contributed by atoms with van der Waals surface area (Å²) in [5.74, 6) is 0. The molecule has 84 valence electrons. The second-order valence-corrected chi connectivity index (χ2v) is 6.50. The topological polar surface area (TPSA) is 34.1 Å². The lowest BCUT2D eigenvalue weighted by molar-refractivity contribution is -0.0402. The van der Waals surface area contributed by atoms with Crippen LogP contribution in [0, 0.1) is 3.57 Å². The molecule has 0 fully saturated rings. The number of halogens is 4. The summed E-state index contributed by atoms with van der Waals surface area (Å²) in [6.07, 6.45) is 0. The highest BCUT2D eigenvalue weighted by Gasteiger charge is 2.46. The van der Waals surface area contributed by atoms with Crippen LogP contribution in [0.1, 0.15) is 0 Å². The minimum atomic E-state index is -5.01. The number of rotatable bonds is 2. The van der Waals surface area contributed by atoms with Crippen LogP contribution in [0.4, 0.5) is 13.2 Å². The van der Waals surface area contributed by atoms with Crippen molar-refractivity contribution in [3.63, 3.8) is 0 Å². The van der Waals surface area contributed by atoms with Crippen molar-refractivity contribution < 1.29 is 22.2 Å². The lowest BCUT2D eigenvalue weighted by atomic mass is 10.4. The molecule has 1 aromatic rings. The van der Waals surface area contributed by atoms with Gasteiger partial charge in [0, 0.05) is 8.47 Å². The number of carbonyl (C=O) groups excluding carboxylic acids is 1. The molecule has 0 atom stereocenters. The average Bonchev–Trinajstić information content (AvgIpc) is 2.16. The summed E-state index contributed by atoms with van der Waals surface area (Å²) in [6.45, 7) is 0. The van der Waals surface area contributed by atoms with Crippen LogP contribution in [0.25, 0.3) is 0 Å². The fraction of sp³-hybridized carbons (Fsp3) is 0.125. The number of benzene rings is 1. The molecule has 0 saturated carbocycles. The first-order valence-corrected chi connectivity index (χ1v) is 6.56. The van der Waals surface area contributed by atoms with Crippen LogP contribution < -0.4 is 0 Å². The molecule has 0 N–H and O–H groups in total. The molecule has 7 heteroatoms. The predicted molar refractivity (Wildman–Crippen MR) is 59.8 cm³/mol. The highest BCUT2D eigenvalue weighted by atomic mass is 127. The van der Waals surface area contributed by atoms with Crippen molar-refractivity contribution >= 4 is 38.1 Å². The number of hydrogen-bond donors (Lipinski definition) is 1. The fourth-order valence-corrected chi connectivity index (χ4v) is 2.42.